The van der Waals surface area contributed by atoms with E-state index in [0.29, 0.717) is 0 Å². The minimum Gasteiger partial charge on any atom is -0.175 e. The molecule has 18 heavy (non-hydrogen) atoms. The molecule has 0 rings (SSSR count). The van der Waals surface area contributed by atoms with Crippen molar-refractivity contribution in [1.82, 2.24) is 0 Å². The van der Waals surface area contributed by atoms with Crippen LogP contribution in [0.15, 0.2) is 12.2 Å². The maximum atomic E-state index is 4.10. The van der Waals surface area contributed by atoms with E-state index in [1.165, 1.54) is 77.0 Å². The normalized spacial score (nSPS) is 11.4. The van der Waals surface area contributed by atoms with Gasteiger partial charge in [-0.15, -0.1) is 0 Å². The molecule has 0 saturated carbocycles. The number of rotatable bonds is 14. The van der Waals surface area contributed by atoms with Gasteiger partial charge < -0.3 is 0 Å². The van der Waals surface area contributed by atoms with Gasteiger partial charge in [0.25, 0.3) is 0 Å². The number of unbranched alkanes of at least 4 members (excludes halogenated alkanes) is 11. The van der Waals surface area contributed by atoms with Crippen molar-refractivity contribution in [2.24, 2.45) is 0 Å². The van der Waals surface area contributed by atoms with Crippen molar-refractivity contribution >= 4 is 12.6 Å². The van der Waals surface area contributed by atoms with E-state index in [9.17, 15) is 0 Å². The Morgan fingerprint density at radius 3 is 1.56 bits per heavy atom. The Labute approximate surface area is 121 Å². The molecular weight excluding hydrogens is 236 g/mol. The molecule has 0 amide bonds. The number of thiol groups is 1. The van der Waals surface area contributed by atoms with E-state index in [0.717, 1.165) is 6.42 Å². The van der Waals surface area contributed by atoms with Crippen molar-refractivity contribution in [3.63, 3.8) is 0 Å². The van der Waals surface area contributed by atoms with E-state index in [1.54, 1.807) is 0 Å². The third-order valence-corrected chi connectivity index (χ3v) is 3.60. The molecule has 0 saturated heterocycles. The molecular formula is C17H33S. The van der Waals surface area contributed by atoms with E-state index in [2.05, 4.69) is 31.7 Å². The number of hydrogen-bond acceptors (Lipinski definition) is 1. The average Bonchev–Trinajstić information content (AvgIpc) is 2.39. The first-order chi connectivity index (χ1) is 8.91. The molecule has 1 radical (unpaired) electrons. The highest BCUT2D eigenvalue weighted by Crippen LogP contribution is 2.09. The van der Waals surface area contributed by atoms with Crippen LogP contribution < -0.4 is 0 Å². The lowest BCUT2D eigenvalue weighted by Gasteiger charge is -1.98. The quantitative estimate of drug-likeness (QED) is 0.202. The smallest absolute Gasteiger partial charge is 0.0133 e. The van der Waals surface area contributed by atoms with Crippen molar-refractivity contribution in [3.8, 4) is 0 Å². The SMILES string of the molecule is CCCCCCCC/C=C\CCCCCC[CH]S. The highest BCUT2D eigenvalue weighted by atomic mass is 32.1. The molecule has 0 atom stereocenters. The van der Waals surface area contributed by atoms with Crippen LogP contribution in [0.25, 0.3) is 0 Å². The number of hydrogen-bond donors (Lipinski definition) is 1. The van der Waals surface area contributed by atoms with Gasteiger partial charge in [-0.25, -0.2) is 0 Å². The van der Waals surface area contributed by atoms with E-state index >= 15 is 0 Å². The van der Waals surface area contributed by atoms with Crippen LogP contribution in [0.4, 0.5) is 0 Å². The minimum absolute atomic E-state index is 1.16. The highest BCUT2D eigenvalue weighted by Gasteiger charge is 1.89. The third-order valence-electron chi connectivity index (χ3n) is 3.35. The molecule has 107 valence electrons. The van der Waals surface area contributed by atoms with Gasteiger partial charge in [0.1, 0.15) is 0 Å². The van der Waals surface area contributed by atoms with Gasteiger partial charge in [-0.1, -0.05) is 70.4 Å². The molecule has 0 fully saturated rings. The second-order valence-corrected chi connectivity index (χ2v) is 5.57. The van der Waals surface area contributed by atoms with Gasteiger partial charge in [0.15, 0.2) is 0 Å². The molecule has 0 N–H and O–H groups in total. The standard InChI is InChI=1S/C17H33S/c1-2-3-4-5-6-7-8-9-10-11-12-13-14-15-16-17-18/h9-10,17-18H,2-8,11-16H2,1H3/b10-9-. The average molecular weight is 270 g/mol. The van der Waals surface area contributed by atoms with Crippen LogP contribution in [-0.4, -0.2) is 0 Å². The van der Waals surface area contributed by atoms with Gasteiger partial charge in [-0.05, 0) is 32.1 Å². The first kappa shape index (κ1) is 18.1. The molecule has 0 aliphatic heterocycles. The fourth-order valence-corrected chi connectivity index (χ4v) is 2.31. The summed E-state index contributed by atoms with van der Waals surface area (Å²) in [6.07, 6.45) is 22.4. The van der Waals surface area contributed by atoms with Gasteiger partial charge in [0.05, 0.1) is 0 Å². The molecule has 0 heterocycles. The van der Waals surface area contributed by atoms with Crippen molar-refractivity contribution in [2.45, 2.75) is 90.4 Å². The summed E-state index contributed by atoms with van der Waals surface area (Å²) in [6.45, 7) is 2.28. The molecule has 0 spiro atoms. The van der Waals surface area contributed by atoms with Crippen LogP contribution >= 0.6 is 12.6 Å². The molecule has 0 aromatic rings. The van der Waals surface area contributed by atoms with E-state index < -0.39 is 0 Å². The molecule has 0 aromatic heterocycles. The Morgan fingerprint density at radius 2 is 1.06 bits per heavy atom. The Morgan fingerprint density at radius 1 is 0.611 bits per heavy atom. The van der Waals surface area contributed by atoms with Gasteiger partial charge in [-0.3, -0.25) is 0 Å². The zero-order chi connectivity index (χ0) is 13.3. The Bertz CT molecular complexity index is 145. The summed E-state index contributed by atoms with van der Waals surface area (Å²) in [7, 11) is 0. The fraction of sp³-hybridized carbons (Fsp3) is 0.824. The fourth-order valence-electron chi connectivity index (χ4n) is 2.13. The van der Waals surface area contributed by atoms with Crippen molar-refractivity contribution < 1.29 is 0 Å². The summed E-state index contributed by atoms with van der Waals surface area (Å²) in [5.74, 6) is 1.97. The summed E-state index contributed by atoms with van der Waals surface area (Å²) >= 11 is 4.10. The molecule has 0 nitrogen and oxygen atoms in total. The first-order valence-electron chi connectivity index (χ1n) is 8.02. The highest BCUT2D eigenvalue weighted by molar-refractivity contribution is 7.82. The lowest BCUT2D eigenvalue weighted by atomic mass is 10.1. The predicted octanol–water partition coefficient (Wildman–Crippen LogP) is 6.73. The molecule has 0 bridgehead atoms. The van der Waals surface area contributed by atoms with Crippen LogP contribution in [-0.2, 0) is 0 Å². The van der Waals surface area contributed by atoms with E-state index in [4.69, 9.17) is 0 Å². The summed E-state index contributed by atoms with van der Waals surface area (Å²) in [6, 6.07) is 0. The first-order valence-corrected chi connectivity index (χ1v) is 8.54. The van der Waals surface area contributed by atoms with Crippen LogP contribution in [0.2, 0.25) is 0 Å². The Hall–Kier alpha value is 0.0900. The zero-order valence-corrected chi connectivity index (χ0v) is 13.3. The number of allylic oxidation sites excluding steroid dienone is 2. The second-order valence-electron chi connectivity index (χ2n) is 5.20. The maximum absolute atomic E-state index is 4.10. The molecule has 1 heteroatoms. The zero-order valence-electron chi connectivity index (χ0n) is 12.4. The Kier molecular flexibility index (Phi) is 17.2. The molecule has 0 aliphatic rings. The summed E-state index contributed by atoms with van der Waals surface area (Å²) in [4.78, 5) is 0. The third kappa shape index (κ3) is 16.1. The summed E-state index contributed by atoms with van der Waals surface area (Å²) < 4.78 is 0. The predicted molar refractivity (Wildman–Crippen MR) is 88.1 cm³/mol. The summed E-state index contributed by atoms with van der Waals surface area (Å²) in [5.41, 5.74) is 0. The van der Waals surface area contributed by atoms with Crippen LogP contribution in [0.1, 0.15) is 90.4 Å². The van der Waals surface area contributed by atoms with Crippen LogP contribution in [0.3, 0.4) is 0 Å². The lowest BCUT2D eigenvalue weighted by molar-refractivity contribution is 0.610. The van der Waals surface area contributed by atoms with Gasteiger partial charge in [0, 0.05) is 5.75 Å². The van der Waals surface area contributed by atoms with Crippen LogP contribution in [0, 0.1) is 5.75 Å². The van der Waals surface area contributed by atoms with E-state index in [-0.39, 0.29) is 0 Å². The maximum Gasteiger partial charge on any atom is 0.0133 e. The minimum atomic E-state index is 1.16. The molecule has 0 aliphatic carbocycles. The van der Waals surface area contributed by atoms with Gasteiger partial charge in [-0.2, -0.15) is 12.6 Å². The topological polar surface area (TPSA) is 0 Å². The van der Waals surface area contributed by atoms with Crippen molar-refractivity contribution in [1.29, 1.82) is 0 Å². The van der Waals surface area contributed by atoms with E-state index in [1.807, 2.05) is 5.75 Å². The largest absolute Gasteiger partial charge is 0.175 e. The summed E-state index contributed by atoms with van der Waals surface area (Å²) in [5, 5.41) is 0. The van der Waals surface area contributed by atoms with Gasteiger partial charge in [0.2, 0.25) is 0 Å². The Balaban J connectivity index is 3.00. The second kappa shape index (κ2) is 17.1. The molecule has 0 aromatic carbocycles. The molecule has 0 unspecified atom stereocenters. The van der Waals surface area contributed by atoms with Crippen LogP contribution in [0.5, 0.6) is 0 Å². The van der Waals surface area contributed by atoms with Gasteiger partial charge >= 0.3 is 0 Å². The van der Waals surface area contributed by atoms with Crippen molar-refractivity contribution in [2.75, 3.05) is 0 Å². The lowest BCUT2D eigenvalue weighted by Crippen LogP contribution is -1.78. The van der Waals surface area contributed by atoms with Crippen molar-refractivity contribution in [3.05, 3.63) is 17.9 Å². The monoisotopic (exact) mass is 269 g/mol.